The smallest absolute Gasteiger partial charge is 0.363 e. The maximum Gasteiger partial charge on any atom is 0.410 e. The van der Waals surface area contributed by atoms with E-state index in [4.69, 9.17) is 23.2 Å². The lowest BCUT2D eigenvalue weighted by atomic mass is 9.96. The molecule has 0 unspecified atom stereocenters. The number of anilines is 2. The van der Waals surface area contributed by atoms with Crippen molar-refractivity contribution in [3.05, 3.63) is 75.4 Å². The Kier molecular flexibility index (Phi) is 5.61. The minimum Gasteiger partial charge on any atom is -0.363 e. The molecule has 2 N–H and O–H groups in total. The molecule has 2 aromatic carbocycles. The molecule has 1 aromatic heterocycles. The molecule has 162 valence electrons. The molecule has 31 heavy (non-hydrogen) atoms. The summed E-state index contributed by atoms with van der Waals surface area (Å²) in [5.41, 5.74) is 1.81. The summed E-state index contributed by atoms with van der Waals surface area (Å²) in [6.45, 7) is 1.91. The number of benzene rings is 2. The Labute approximate surface area is 186 Å². The van der Waals surface area contributed by atoms with Crippen molar-refractivity contribution in [2.45, 2.75) is 31.6 Å². The lowest BCUT2D eigenvalue weighted by Crippen LogP contribution is -2.35. The quantitative estimate of drug-likeness (QED) is 0.466. The molecule has 0 spiro atoms. The van der Waals surface area contributed by atoms with Gasteiger partial charge in [-0.3, -0.25) is 4.79 Å². The Morgan fingerprint density at radius 2 is 1.87 bits per heavy atom. The third-order valence-corrected chi connectivity index (χ3v) is 5.64. The Balaban J connectivity index is 1.65. The molecule has 5 nitrogen and oxygen atoms in total. The third kappa shape index (κ3) is 4.50. The molecule has 4 rings (SSSR count). The number of amides is 1. The van der Waals surface area contributed by atoms with Gasteiger partial charge in [0.15, 0.2) is 11.7 Å². The van der Waals surface area contributed by atoms with E-state index in [1.165, 1.54) is 18.2 Å². The van der Waals surface area contributed by atoms with Gasteiger partial charge in [0.2, 0.25) is 0 Å². The number of nitrogens with zero attached hydrogens (tertiary/aromatic N) is 2. The molecule has 0 saturated heterocycles. The zero-order valence-corrected chi connectivity index (χ0v) is 17.7. The minimum absolute atomic E-state index is 0.112. The van der Waals surface area contributed by atoms with Crippen molar-refractivity contribution in [1.82, 2.24) is 9.78 Å². The Morgan fingerprint density at radius 1 is 1.16 bits per heavy atom. The van der Waals surface area contributed by atoms with Gasteiger partial charge in [-0.15, -0.1) is 0 Å². The van der Waals surface area contributed by atoms with E-state index in [2.05, 4.69) is 15.7 Å². The molecule has 3 aromatic rings. The standard InChI is InChI=1S/C21H17Cl2F3N4O/c1-11-2-4-12(5-3-11)15-9-18(21(24,25)26)30-19(27-15)10-17(29-30)20(31)28-16-8-13(22)6-7-14(16)23/h2-8,10,15,18,27H,9H2,1H3,(H,28,31)/t15-,18-/m0/s1. The fraction of sp³-hybridized carbons (Fsp3) is 0.238. The van der Waals surface area contributed by atoms with Crippen molar-refractivity contribution in [3.8, 4) is 0 Å². The van der Waals surface area contributed by atoms with E-state index in [-0.39, 0.29) is 28.6 Å². The lowest BCUT2D eigenvalue weighted by molar-refractivity contribution is -0.173. The van der Waals surface area contributed by atoms with Crippen molar-refractivity contribution in [2.75, 3.05) is 10.6 Å². The van der Waals surface area contributed by atoms with E-state index >= 15 is 0 Å². The van der Waals surface area contributed by atoms with Crippen LogP contribution in [-0.2, 0) is 0 Å². The van der Waals surface area contributed by atoms with Crippen molar-refractivity contribution < 1.29 is 18.0 Å². The van der Waals surface area contributed by atoms with E-state index in [0.29, 0.717) is 5.02 Å². The molecule has 1 aliphatic heterocycles. The van der Waals surface area contributed by atoms with Crippen molar-refractivity contribution >= 4 is 40.6 Å². The van der Waals surface area contributed by atoms with E-state index in [1.54, 1.807) is 18.2 Å². The zero-order valence-electron chi connectivity index (χ0n) is 16.2. The number of hydrogen-bond donors (Lipinski definition) is 2. The monoisotopic (exact) mass is 468 g/mol. The largest absolute Gasteiger partial charge is 0.410 e. The van der Waals surface area contributed by atoms with Gasteiger partial charge >= 0.3 is 6.18 Å². The number of carbonyl (C=O) groups excluding carboxylic acids is 1. The average molecular weight is 469 g/mol. The van der Waals surface area contributed by atoms with Gasteiger partial charge in [-0.25, -0.2) is 4.68 Å². The summed E-state index contributed by atoms with van der Waals surface area (Å²) in [6, 6.07) is 10.6. The number of fused-ring (bicyclic) bond motifs is 1. The van der Waals surface area contributed by atoms with Gasteiger partial charge < -0.3 is 10.6 Å². The van der Waals surface area contributed by atoms with Gasteiger partial charge in [-0.05, 0) is 30.7 Å². The first-order valence-electron chi connectivity index (χ1n) is 9.37. The zero-order chi connectivity index (χ0) is 22.3. The summed E-state index contributed by atoms with van der Waals surface area (Å²) >= 11 is 12.0. The van der Waals surface area contributed by atoms with Gasteiger partial charge in [-0.1, -0.05) is 53.0 Å². The Bertz CT molecular complexity index is 1130. The number of aromatic nitrogens is 2. The van der Waals surface area contributed by atoms with Crippen LogP contribution in [-0.4, -0.2) is 21.9 Å². The van der Waals surface area contributed by atoms with E-state index in [0.717, 1.165) is 15.8 Å². The van der Waals surface area contributed by atoms with E-state index in [9.17, 15) is 18.0 Å². The van der Waals surface area contributed by atoms with Crippen LogP contribution in [0.3, 0.4) is 0 Å². The van der Waals surface area contributed by atoms with Crippen molar-refractivity contribution in [3.63, 3.8) is 0 Å². The molecule has 0 saturated carbocycles. The highest BCUT2D eigenvalue weighted by Crippen LogP contribution is 2.43. The highest BCUT2D eigenvalue weighted by molar-refractivity contribution is 6.35. The lowest BCUT2D eigenvalue weighted by Gasteiger charge is -2.33. The summed E-state index contributed by atoms with van der Waals surface area (Å²) < 4.78 is 42.2. The highest BCUT2D eigenvalue weighted by atomic mass is 35.5. The predicted octanol–water partition coefficient (Wildman–Crippen LogP) is 6.41. The van der Waals surface area contributed by atoms with Crippen LogP contribution in [0, 0.1) is 6.92 Å². The first kappa shape index (κ1) is 21.5. The number of aryl methyl sites for hydroxylation is 1. The maximum absolute atomic E-state index is 13.8. The van der Waals surface area contributed by atoms with E-state index < -0.39 is 24.2 Å². The number of hydrogen-bond acceptors (Lipinski definition) is 3. The average Bonchev–Trinajstić information content (AvgIpc) is 3.14. The predicted molar refractivity (Wildman–Crippen MR) is 114 cm³/mol. The summed E-state index contributed by atoms with van der Waals surface area (Å²) in [7, 11) is 0. The normalized spacial score (nSPS) is 18.3. The molecular weight excluding hydrogens is 452 g/mol. The van der Waals surface area contributed by atoms with Gasteiger partial charge in [0.1, 0.15) is 5.82 Å². The Morgan fingerprint density at radius 3 is 2.55 bits per heavy atom. The van der Waals surface area contributed by atoms with Crippen LogP contribution in [0.15, 0.2) is 48.5 Å². The highest BCUT2D eigenvalue weighted by Gasteiger charge is 2.46. The molecule has 0 radical (unpaired) electrons. The van der Waals surface area contributed by atoms with Gasteiger partial charge in [0.05, 0.1) is 16.8 Å². The Hall–Kier alpha value is -2.71. The van der Waals surface area contributed by atoms with Crippen LogP contribution >= 0.6 is 23.2 Å². The second-order valence-corrected chi connectivity index (χ2v) is 8.18. The summed E-state index contributed by atoms with van der Waals surface area (Å²) in [4.78, 5) is 12.6. The molecule has 0 bridgehead atoms. The molecule has 1 aliphatic rings. The van der Waals surface area contributed by atoms with Crippen LogP contribution in [0.5, 0.6) is 0 Å². The maximum atomic E-state index is 13.8. The first-order valence-corrected chi connectivity index (χ1v) is 10.1. The molecule has 10 heteroatoms. The third-order valence-electron chi connectivity index (χ3n) is 5.08. The number of alkyl halides is 3. The van der Waals surface area contributed by atoms with Crippen LogP contribution in [0.1, 0.15) is 40.1 Å². The summed E-state index contributed by atoms with van der Waals surface area (Å²) in [5.74, 6) is -0.581. The summed E-state index contributed by atoms with van der Waals surface area (Å²) in [5, 5.41) is 10.1. The molecular formula is C21H17Cl2F3N4O. The molecule has 2 heterocycles. The topological polar surface area (TPSA) is 59.0 Å². The SMILES string of the molecule is Cc1ccc([C@@H]2C[C@@H](C(F)(F)F)n3nc(C(=O)Nc4cc(Cl)ccc4Cl)cc3N2)cc1. The number of rotatable bonds is 3. The summed E-state index contributed by atoms with van der Waals surface area (Å²) in [6.07, 6.45) is -4.78. The van der Waals surface area contributed by atoms with Crippen molar-refractivity contribution in [1.29, 1.82) is 0 Å². The molecule has 1 amide bonds. The van der Waals surface area contributed by atoms with Crippen LogP contribution in [0.4, 0.5) is 24.7 Å². The van der Waals surface area contributed by atoms with Gasteiger partial charge in [0.25, 0.3) is 5.91 Å². The minimum atomic E-state index is -4.53. The van der Waals surface area contributed by atoms with Gasteiger partial charge in [-0.2, -0.15) is 18.3 Å². The second-order valence-electron chi connectivity index (χ2n) is 7.34. The molecule has 0 fully saturated rings. The van der Waals surface area contributed by atoms with Crippen LogP contribution in [0.2, 0.25) is 10.0 Å². The first-order chi connectivity index (χ1) is 14.6. The van der Waals surface area contributed by atoms with Crippen molar-refractivity contribution in [2.24, 2.45) is 0 Å². The van der Waals surface area contributed by atoms with Crippen LogP contribution < -0.4 is 10.6 Å². The van der Waals surface area contributed by atoms with E-state index in [1.807, 2.05) is 19.1 Å². The number of nitrogens with one attached hydrogen (secondary N) is 2. The van der Waals surface area contributed by atoms with Gasteiger partial charge in [0, 0.05) is 17.5 Å². The van der Waals surface area contributed by atoms with Crippen LogP contribution in [0.25, 0.3) is 0 Å². The molecule has 2 atom stereocenters. The molecule has 0 aliphatic carbocycles. The number of carbonyl (C=O) groups is 1. The fourth-order valence-electron chi connectivity index (χ4n) is 3.48. The fourth-order valence-corrected chi connectivity index (χ4v) is 3.82. The second kappa shape index (κ2) is 8.09. The number of halogens is 5.